The van der Waals surface area contributed by atoms with Crippen LogP contribution >= 0.6 is 22.6 Å². The summed E-state index contributed by atoms with van der Waals surface area (Å²) in [5.74, 6) is -3.09. The Bertz CT molecular complexity index is 3070. The summed E-state index contributed by atoms with van der Waals surface area (Å²) in [6, 6.07) is 9.36. The molecule has 0 radical (unpaired) electrons. The fourth-order valence-electron chi connectivity index (χ4n) is 7.16. The predicted octanol–water partition coefficient (Wildman–Crippen LogP) is 4.41. The van der Waals surface area contributed by atoms with Crippen molar-refractivity contribution in [2.75, 3.05) is 30.4 Å². The molecule has 0 bridgehead atoms. The molecule has 0 atom stereocenters. The van der Waals surface area contributed by atoms with Crippen molar-refractivity contribution in [2.24, 2.45) is 11.5 Å². The molecule has 7 aromatic rings. The van der Waals surface area contributed by atoms with Crippen molar-refractivity contribution in [1.82, 2.24) is 44.0 Å². The zero-order valence-electron chi connectivity index (χ0n) is 35.8. The highest BCUT2D eigenvalue weighted by Gasteiger charge is 2.24. The molecule has 5 aromatic heterocycles. The Balaban J connectivity index is 1.24. The quantitative estimate of drug-likeness (QED) is 0.0350. The number of benzene rings is 2. The minimum Gasteiger partial charge on any atom is -0.491 e. The summed E-state index contributed by atoms with van der Waals surface area (Å²) >= 11 is 2.02. The van der Waals surface area contributed by atoms with Gasteiger partial charge in [-0.1, -0.05) is 12.2 Å². The van der Waals surface area contributed by atoms with E-state index in [-0.39, 0.29) is 85.7 Å². The number of primary amides is 2. The number of imidazole rings is 2. The van der Waals surface area contributed by atoms with Crippen LogP contribution in [0, 0.1) is 10.6 Å². The van der Waals surface area contributed by atoms with Crippen LogP contribution < -0.4 is 32.2 Å². The van der Waals surface area contributed by atoms with Gasteiger partial charge in [0.25, 0.3) is 11.8 Å². The van der Waals surface area contributed by atoms with Gasteiger partial charge in [-0.25, -0.2) is 14.8 Å². The van der Waals surface area contributed by atoms with Crippen LogP contribution in [0.5, 0.6) is 5.75 Å². The lowest BCUT2D eigenvalue weighted by Crippen LogP contribution is -2.27. The second kappa shape index (κ2) is 20.0. The number of fused-ring (bicyclic) bond motifs is 4. The van der Waals surface area contributed by atoms with Crippen LogP contribution in [0.2, 0.25) is 0 Å². The zero-order chi connectivity index (χ0) is 47.2. The molecular formula is C42H44IN13O10. The first kappa shape index (κ1) is 46.2. The number of allylic oxidation sites excluding steroid dienone is 2. The zero-order valence-corrected chi connectivity index (χ0v) is 37.9. The molecule has 5 amide bonds. The normalized spacial score (nSPS) is 11.5. The van der Waals surface area contributed by atoms with Crippen molar-refractivity contribution in [1.29, 1.82) is 0 Å². The second-order valence-corrected chi connectivity index (χ2v) is 15.7. The molecule has 8 N–H and O–H groups in total. The van der Waals surface area contributed by atoms with E-state index in [1.54, 1.807) is 55.8 Å². The number of carboxylic acids is 1. The third-order valence-corrected chi connectivity index (χ3v) is 10.6. The Morgan fingerprint density at radius 2 is 1.47 bits per heavy atom. The number of aliphatic carboxylic acids is 1. The molecule has 23 nitrogen and oxygen atoms in total. The lowest BCUT2D eigenvalue weighted by atomic mass is 10.1. The topological polar surface area (TPSA) is 314 Å². The number of carbonyl (C=O) groups excluding carboxylic acids is 5. The first-order chi connectivity index (χ1) is 31.7. The summed E-state index contributed by atoms with van der Waals surface area (Å²) < 4.78 is 24.3. The fourth-order valence-corrected chi connectivity index (χ4v) is 7.72. The molecule has 0 unspecified atom stereocenters. The van der Waals surface area contributed by atoms with Crippen LogP contribution in [0.3, 0.4) is 0 Å². The number of furan rings is 1. The molecule has 0 spiro atoms. The first-order valence-corrected chi connectivity index (χ1v) is 21.6. The molecule has 2 aromatic carbocycles. The maximum Gasteiger partial charge on any atom is 0.407 e. The highest BCUT2D eigenvalue weighted by atomic mass is 127. The number of hydrogen-bond acceptors (Lipinski definition) is 13. The van der Waals surface area contributed by atoms with E-state index < -0.39 is 35.7 Å². The van der Waals surface area contributed by atoms with E-state index in [1.165, 1.54) is 24.5 Å². The van der Waals surface area contributed by atoms with Crippen LogP contribution in [0.15, 0.2) is 59.2 Å². The summed E-state index contributed by atoms with van der Waals surface area (Å²) in [6.07, 6.45) is 4.14. The fraction of sp³-hybridized carbons (Fsp3) is 0.286. The summed E-state index contributed by atoms with van der Waals surface area (Å²) in [5, 5.41) is 26.2. The Labute approximate surface area is 387 Å². The number of nitrogens with zero attached hydrogens (tertiary/aromatic N) is 8. The number of anilines is 2. The van der Waals surface area contributed by atoms with Gasteiger partial charge < -0.3 is 44.9 Å². The number of ether oxygens (including phenoxy) is 2. The molecule has 0 saturated heterocycles. The summed E-state index contributed by atoms with van der Waals surface area (Å²) in [7, 11) is 0. The number of nitrogens with one attached hydrogen (secondary N) is 3. The van der Waals surface area contributed by atoms with Gasteiger partial charge in [0, 0.05) is 56.2 Å². The minimum absolute atomic E-state index is 0.00388. The molecule has 0 fully saturated rings. The number of aromatic nitrogens is 8. The van der Waals surface area contributed by atoms with E-state index in [0.29, 0.717) is 55.7 Å². The molecule has 0 aliphatic carbocycles. The van der Waals surface area contributed by atoms with E-state index in [2.05, 4.69) is 26.1 Å². The number of halogens is 1. The third-order valence-electron chi connectivity index (χ3n) is 10.1. The van der Waals surface area contributed by atoms with Gasteiger partial charge in [0.05, 0.1) is 48.2 Å². The summed E-state index contributed by atoms with van der Waals surface area (Å²) in [5.41, 5.74) is 14.7. The summed E-state index contributed by atoms with van der Waals surface area (Å²) in [4.78, 5) is 84.7. The Morgan fingerprint density at radius 1 is 0.833 bits per heavy atom. The lowest BCUT2D eigenvalue weighted by Gasteiger charge is -2.13. The summed E-state index contributed by atoms with van der Waals surface area (Å²) in [6.45, 7) is 6.33. The molecule has 0 saturated carbocycles. The van der Waals surface area contributed by atoms with Crippen molar-refractivity contribution in [3.05, 3.63) is 86.7 Å². The molecule has 5 heterocycles. The third kappa shape index (κ3) is 9.96. The molecule has 0 aliphatic rings. The van der Waals surface area contributed by atoms with Crippen LogP contribution in [0.25, 0.3) is 33.0 Å². The SMILES string of the molecule is CCn1nc(I)cc1C(=O)Nc1nc2cc(C(N)=O)cc(OCCCOC(=O)NCCC(=O)O)c2n1C/C=C/Cn1c(NC(=O)c2cc(C)nn2CC)nc2cc(C(N)=O)c3ccoc3c21. The van der Waals surface area contributed by atoms with Crippen LogP contribution in [0.1, 0.15) is 74.1 Å². The van der Waals surface area contributed by atoms with Crippen LogP contribution in [-0.4, -0.2) is 99.2 Å². The molecule has 24 heteroatoms. The smallest absolute Gasteiger partial charge is 0.407 e. The number of nitrogens with two attached hydrogens (primary N) is 2. The highest BCUT2D eigenvalue weighted by Crippen LogP contribution is 2.34. The van der Waals surface area contributed by atoms with Crippen molar-refractivity contribution >= 4 is 103 Å². The van der Waals surface area contributed by atoms with Gasteiger partial charge in [0.1, 0.15) is 31.9 Å². The number of alkyl carbamates (subject to hydrolysis) is 1. The molecule has 7 rings (SSSR count). The average Bonchev–Trinajstić information content (AvgIpc) is 4.11. The molecule has 66 heavy (non-hydrogen) atoms. The lowest BCUT2D eigenvalue weighted by molar-refractivity contribution is -0.136. The van der Waals surface area contributed by atoms with Crippen molar-refractivity contribution in [3.63, 3.8) is 0 Å². The number of aryl methyl sites for hydroxylation is 3. The number of hydrogen-bond donors (Lipinski definition) is 6. The highest BCUT2D eigenvalue weighted by molar-refractivity contribution is 14.1. The van der Waals surface area contributed by atoms with Gasteiger partial charge >= 0.3 is 12.1 Å². The van der Waals surface area contributed by atoms with Crippen LogP contribution in [-0.2, 0) is 35.7 Å². The second-order valence-electron chi connectivity index (χ2n) is 14.6. The number of carboxylic acid groups (broad SMARTS) is 1. The van der Waals surface area contributed by atoms with Crippen molar-refractivity contribution in [2.45, 2.75) is 59.8 Å². The van der Waals surface area contributed by atoms with Gasteiger partial charge in [-0.15, -0.1) is 0 Å². The van der Waals surface area contributed by atoms with Gasteiger partial charge in [-0.05, 0) is 73.7 Å². The molecule has 344 valence electrons. The minimum atomic E-state index is -1.07. The molecule has 0 aliphatic heterocycles. The van der Waals surface area contributed by atoms with E-state index in [0.717, 1.165) is 0 Å². The maximum absolute atomic E-state index is 13.8. The van der Waals surface area contributed by atoms with E-state index >= 15 is 0 Å². The Morgan fingerprint density at radius 3 is 2.11 bits per heavy atom. The maximum atomic E-state index is 13.8. The van der Waals surface area contributed by atoms with Gasteiger partial charge in [0.15, 0.2) is 5.58 Å². The number of amides is 5. The number of carbonyl (C=O) groups is 6. The monoisotopic (exact) mass is 1020 g/mol. The number of rotatable bonds is 20. The Kier molecular flexibility index (Phi) is 14.0. The van der Waals surface area contributed by atoms with Crippen LogP contribution in [0.4, 0.5) is 16.7 Å². The van der Waals surface area contributed by atoms with Crippen molar-refractivity contribution < 1.29 is 47.8 Å². The van der Waals surface area contributed by atoms with Gasteiger partial charge in [-0.3, -0.25) is 44.0 Å². The average molecular weight is 1020 g/mol. The first-order valence-electron chi connectivity index (χ1n) is 20.5. The van der Waals surface area contributed by atoms with Gasteiger partial charge in [0.2, 0.25) is 23.7 Å². The van der Waals surface area contributed by atoms with Gasteiger partial charge in [-0.2, -0.15) is 10.2 Å². The largest absolute Gasteiger partial charge is 0.491 e. The van der Waals surface area contributed by atoms with E-state index in [4.69, 9.17) is 40.4 Å². The predicted molar refractivity (Wildman–Crippen MR) is 246 cm³/mol. The van der Waals surface area contributed by atoms with E-state index in [1.807, 2.05) is 36.4 Å². The Hall–Kier alpha value is -7.77. The van der Waals surface area contributed by atoms with Crippen molar-refractivity contribution in [3.8, 4) is 5.75 Å². The van der Waals surface area contributed by atoms with E-state index in [9.17, 15) is 28.8 Å². The molecular weight excluding hydrogens is 973 g/mol. The standard InChI is InChI=1S/C42H44IN13O10/c1-4-55-28(17-22(3)51-55)38(61)49-41-48-27-20-25(37(45)60)24-10-16-65-35(24)34(27)54(41)13-7-6-12-53-33-26(47-40(53)50-39(62)29-21-31(43)52-56(29)5-2)18-23(36(44)59)19-30(33)64-14-8-15-66-42(63)46-11-9-32(57)58/h6-7,10,16-21H,4-5,8-9,11-15H2,1-3H3,(H2,44,59)(H2,45,60)(H,46,63)(H,57,58)(H,47,50,62)(H,48,49,61)/b7-6+.